The van der Waals surface area contributed by atoms with Crippen LogP contribution < -0.4 is 5.32 Å². The van der Waals surface area contributed by atoms with Crippen LogP contribution in [0.15, 0.2) is 193 Å². The molecule has 0 saturated carbocycles. The zero-order chi connectivity index (χ0) is 38.6. The van der Waals surface area contributed by atoms with Crippen molar-refractivity contribution in [2.75, 3.05) is 5.32 Å². The average molecular weight is 698 g/mol. The number of rotatable bonds is 13. The van der Waals surface area contributed by atoms with Gasteiger partial charge in [-0.05, 0) is 103 Å². The van der Waals surface area contributed by atoms with Gasteiger partial charge in [0, 0.05) is 28.6 Å². The largest absolute Gasteiger partial charge is 0.356 e. The molecule has 4 aromatic rings. The zero-order valence-corrected chi connectivity index (χ0v) is 32.4. The van der Waals surface area contributed by atoms with Gasteiger partial charge in [0.05, 0.1) is 5.70 Å². The number of aryl methyl sites for hydroxylation is 1. The fourth-order valence-electron chi connectivity index (χ4n) is 5.68. The normalized spacial score (nSPS) is 13.5. The molecule has 53 heavy (non-hydrogen) atoms. The van der Waals surface area contributed by atoms with E-state index in [1.54, 1.807) is 6.08 Å². The summed E-state index contributed by atoms with van der Waals surface area (Å²) in [4.78, 5) is 4.07. The molecule has 270 valence electrons. The molecule has 0 saturated heterocycles. The lowest BCUT2D eigenvalue weighted by molar-refractivity contribution is 0.992. The molecule has 1 aliphatic carbocycles. The second kappa shape index (κ2) is 22.0. The molecule has 1 aliphatic rings. The molecule has 0 radical (unpaired) electrons. The molecule has 0 fully saturated rings. The van der Waals surface area contributed by atoms with Crippen molar-refractivity contribution >= 4 is 35.0 Å². The fourth-order valence-corrected chi connectivity index (χ4v) is 5.68. The lowest BCUT2D eigenvalue weighted by Gasteiger charge is -2.09. The Balaban J connectivity index is 0.000000273. The highest BCUT2D eigenvalue weighted by Gasteiger charge is 2.17. The van der Waals surface area contributed by atoms with Crippen LogP contribution in [0, 0.1) is 18.3 Å². The number of hydrogen-bond acceptors (Lipinski definition) is 3. The van der Waals surface area contributed by atoms with E-state index in [1.165, 1.54) is 39.0 Å². The monoisotopic (exact) mass is 697 g/mol. The molecular weight excluding hydrogens is 643 g/mol. The molecule has 3 heteroatoms. The maximum absolute atomic E-state index is 8.35. The first-order valence-corrected chi connectivity index (χ1v) is 18.3. The number of hydrogen-bond donors (Lipinski definition) is 2. The lowest BCUT2D eigenvalue weighted by Crippen LogP contribution is -2.04. The predicted molar refractivity (Wildman–Crippen MR) is 236 cm³/mol. The SMILES string of the molecule is C=CC1=C(/C=C(C)/C=C(/C=C)Nc2ccc(C)cc2)c2ccccc2C1.C=N/C(=C\C(=N)C(C)/C=C\C(=C/C)c1ccccc1)c1ccccc1.CC. The third-order valence-corrected chi connectivity index (χ3v) is 8.60. The van der Waals surface area contributed by atoms with Crippen LogP contribution in [-0.2, 0) is 6.42 Å². The summed E-state index contributed by atoms with van der Waals surface area (Å²) in [5, 5.41) is 11.8. The van der Waals surface area contributed by atoms with Crippen molar-refractivity contribution in [2.24, 2.45) is 10.9 Å². The van der Waals surface area contributed by atoms with Crippen molar-refractivity contribution in [1.29, 1.82) is 5.41 Å². The van der Waals surface area contributed by atoms with Gasteiger partial charge in [-0.25, -0.2) is 0 Å². The molecule has 0 aliphatic heterocycles. The number of fused-ring (bicyclic) bond motifs is 1. The standard InChI is InChI=1S/C25H25N.C23H24N2.C2H6/c1-5-20-17-21-9-7-8-10-24(21)25(20)16-19(4)15-22(6-2)26-23-13-11-18(3)12-14-23;1-4-19(20-11-7-5-8-12-20)16-15-18(2)22(24)17-23(25-3)21-13-9-6-10-14-21;1-2/h5-16,26H,1-2,17H2,3-4H3;4-18,24H,3H2,1-2H3;1-2H3/b19-16+,22-15-;16-15-,19-4+,23-17-,24-22?;. The maximum Gasteiger partial charge on any atom is 0.0712 e. The molecule has 0 spiro atoms. The quantitative estimate of drug-likeness (QED) is 0.106. The van der Waals surface area contributed by atoms with E-state index in [9.17, 15) is 0 Å². The highest BCUT2D eigenvalue weighted by molar-refractivity contribution is 6.01. The van der Waals surface area contributed by atoms with Gasteiger partial charge in [0.25, 0.3) is 0 Å². The second-order valence-electron chi connectivity index (χ2n) is 12.4. The molecule has 5 rings (SSSR count). The van der Waals surface area contributed by atoms with E-state index < -0.39 is 0 Å². The summed E-state index contributed by atoms with van der Waals surface area (Å²) < 4.78 is 0. The minimum absolute atomic E-state index is 0.0147. The first kappa shape index (κ1) is 41.4. The first-order valence-electron chi connectivity index (χ1n) is 18.3. The molecule has 1 unspecified atom stereocenters. The van der Waals surface area contributed by atoms with Gasteiger partial charge in [-0.2, -0.15) is 0 Å². The Hall–Kier alpha value is -6.06. The van der Waals surface area contributed by atoms with E-state index in [-0.39, 0.29) is 5.92 Å². The van der Waals surface area contributed by atoms with E-state index in [0.29, 0.717) is 5.71 Å². The third kappa shape index (κ3) is 12.6. The zero-order valence-electron chi connectivity index (χ0n) is 32.4. The predicted octanol–water partition coefficient (Wildman–Crippen LogP) is 13.7. The fraction of sp³-hybridized carbons (Fsp3) is 0.160. The van der Waals surface area contributed by atoms with Gasteiger partial charge in [0.1, 0.15) is 0 Å². The highest BCUT2D eigenvalue weighted by Crippen LogP contribution is 2.35. The van der Waals surface area contributed by atoms with Crippen LogP contribution in [0.5, 0.6) is 0 Å². The Morgan fingerprint density at radius 2 is 1.43 bits per heavy atom. The van der Waals surface area contributed by atoms with Crippen LogP contribution in [0.2, 0.25) is 0 Å². The molecule has 0 aromatic heterocycles. The Morgan fingerprint density at radius 3 is 2.02 bits per heavy atom. The summed E-state index contributed by atoms with van der Waals surface area (Å²) in [7, 11) is 0. The number of allylic oxidation sites excluding steroid dienone is 12. The van der Waals surface area contributed by atoms with Crippen molar-refractivity contribution in [3.05, 3.63) is 216 Å². The van der Waals surface area contributed by atoms with Crippen LogP contribution >= 0.6 is 0 Å². The summed E-state index contributed by atoms with van der Waals surface area (Å²) in [6, 6.07) is 37.0. The molecule has 0 amide bonds. The highest BCUT2D eigenvalue weighted by atomic mass is 14.9. The van der Waals surface area contributed by atoms with Crippen molar-refractivity contribution in [1.82, 2.24) is 0 Å². The Bertz CT molecular complexity index is 2020. The number of benzene rings is 4. The molecule has 2 N–H and O–H groups in total. The smallest absolute Gasteiger partial charge is 0.0712 e. The Kier molecular flexibility index (Phi) is 17.2. The molecular formula is C50H55N3. The van der Waals surface area contributed by atoms with Gasteiger partial charge in [0.15, 0.2) is 0 Å². The van der Waals surface area contributed by atoms with E-state index in [2.05, 4.69) is 129 Å². The molecule has 3 nitrogen and oxygen atoms in total. The summed E-state index contributed by atoms with van der Waals surface area (Å²) in [6.07, 6.45) is 17.1. The summed E-state index contributed by atoms with van der Waals surface area (Å²) >= 11 is 0. The summed E-state index contributed by atoms with van der Waals surface area (Å²) in [5.41, 5.74) is 14.2. The van der Waals surface area contributed by atoms with Crippen LogP contribution in [-0.4, -0.2) is 12.4 Å². The minimum Gasteiger partial charge on any atom is -0.356 e. The summed E-state index contributed by atoms with van der Waals surface area (Å²) in [6.45, 7) is 23.8. The molecule has 0 bridgehead atoms. The van der Waals surface area contributed by atoms with Gasteiger partial charge in [-0.1, -0.05) is 167 Å². The number of nitrogens with zero attached hydrogens (tertiary/aromatic N) is 1. The number of anilines is 1. The van der Waals surface area contributed by atoms with Crippen molar-refractivity contribution < 1.29 is 0 Å². The van der Waals surface area contributed by atoms with Gasteiger partial charge in [0.2, 0.25) is 0 Å². The molecule has 4 aromatic carbocycles. The van der Waals surface area contributed by atoms with Gasteiger partial charge in [-0.3, -0.25) is 4.99 Å². The number of aliphatic imine (C=N–C) groups is 1. The third-order valence-electron chi connectivity index (χ3n) is 8.60. The first-order chi connectivity index (χ1) is 25.8. The van der Waals surface area contributed by atoms with E-state index in [0.717, 1.165) is 34.6 Å². The Labute approximate surface area is 319 Å². The van der Waals surface area contributed by atoms with Crippen LogP contribution in [0.3, 0.4) is 0 Å². The lowest BCUT2D eigenvalue weighted by atomic mass is 9.99. The average Bonchev–Trinajstić information content (AvgIpc) is 3.56. The second-order valence-corrected chi connectivity index (χ2v) is 12.4. The number of nitrogens with one attached hydrogen (secondary N) is 2. The molecule has 0 heterocycles. The molecule has 1 atom stereocenters. The van der Waals surface area contributed by atoms with Crippen LogP contribution in [0.1, 0.15) is 62.4 Å². The summed E-state index contributed by atoms with van der Waals surface area (Å²) in [5.74, 6) is -0.0147. The topological polar surface area (TPSA) is 48.2 Å². The van der Waals surface area contributed by atoms with Gasteiger partial charge >= 0.3 is 0 Å². The van der Waals surface area contributed by atoms with Crippen LogP contribution in [0.25, 0.3) is 16.8 Å². The van der Waals surface area contributed by atoms with Crippen molar-refractivity contribution in [2.45, 2.75) is 48.0 Å². The van der Waals surface area contributed by atoms with E-state index >= 15 is 0 Å². The van der Waals surface area contributed by atoms with Crippen LogP contribution in [0.4, 0.5) is 5.69 Å². The van der Waals surface area contributed by atoms with E-state index in [4.69, 9.17) is 5.41 Å². The minimum atomic E-state index is -0.0147. The van der Waals surface area contributed by atoms with E-state index in [1.807, 2.05) is 94.5 Å². The van der Waals surface area contributed by atoms with Crippen molar-refractivity contribution in [3.8, 4) is 0 Å². The van der Waals surface area contributed by atoms with Gasteiger partial charge in [-0.15, -0.1) is 0 Å². The van der Waals surface area contributed by atoms with Crippen molar-refractivity contribution in [3.63, 3.8) is 0 Å². The Morgan fingerprint density at radius 1 is 0.830 bits per heavy atom. The maximum atomic E-state index is 8.35. The van der Waals surface area contributed by atoms with Gasteiger partial charge < -0.3 is 10.7 Å².